The van der Waals surface area contributed by atoms with Crippen LogP contribution in [0.4, 0.5) is 11.4 Å². The van der Waals surface area contributed by atoms with E-state index in [1.807, 2.05) is 0 Å². The van der Waals surface area contributed by atoms with Gasteiger partial charge in [-0.3, -0.25) is 14.3 Å². The number of benzene rings is 2. The normalized spacial score (nSPS) is 17.3. The average molecular weight is 395 g/mol. The van der Waals surface area contributed by atoms with E-state index in [4.69, 9.17) is 16.7 Å². The van der Waals surface area contributed by atoms with Crippen molar-refractivity contribution in [3.63, 3.8) is 0 Å². The van der Waals surface area contributed by atoms with Gasteiger partial charge in [-0.15, -0.1) is 0 Å². The Morgan fingerprint density at radius 3 is 2.46 bits per heavy atom. The predicted octanol–water partition coefficient (Wildman–Crippen LogP) is 2.58. The van der Waals surface area contributed by atoms with Gasteiger partial charge in [-0.25, -0.2) is 8.42 Å². The predicted molar refractivity (Wildman–Crippen MR) is 96.8 cm³/mol. The Morgan fingerprint density at radius 2 is 1.88 bits per heavy atom. The van der Waals surface area contributed by atoms with Crippen molar-refractivity contribution in [1.82, 2.24) is 0 Å². The van der Waals surface area contributed by atoms with Crippen LogP contribution in [0.25, 0.3) is 0 Å². The molecule has 2 aromatic carbocycles. The van der Waals surface area contributed by atoms with Gasteiger partial charge in [0.2, 0.25) is 5.91 Å². The standard InChI is InChI=1S/C17H15ClN2O5S/c18-12-2-1-3-13(9-12)19-26(24,25)15-6-4-14(5-7-15)20-10-11(17(22)23)8-16(20)21/h1-7,9,11,19H,8,10H2,(H,22,23). The van der Waals surface area contributed by atoms with Crippen LogP contribution in [0.15, 0.2) is 53.4 Å². The Balaban J connectivity index is 1.79. The summed E-state index contributed by atoms with van der Waals surface area (Å²) < 4.78 is 27.3. The number of aliphatic carboxylic acids is 1. The lowest BCUT2D eigenvalue weighted by Gasteiger charge is -2.16. The maximum Gasteiger partial charge on any atom is 0.308 e. The molecule has 0 aromatic heterocycles. The van der Waals surface area contributed by atoms with Gasteiger partial charge in [-0.05, 0) is 42.5 Å². The molecule has 0 saturated carbocycles. The van der Waals surface area contributed by atoms with Gasteiger partial charge in [0.25, 0.3) is 10.0 Å². The topological polar surface area (TPSA) is 104 Å². The third kappa shape index (κ3) is 3.81. The molecule has 1 amide bonds. The van der Waals surface area contributed by atoms with Crippen molar-refractivity contribution < 1.29 is 23.1 Å². The maximum atomic E-state index is 12.4. The Hall–Kier alpha value is -2.58. The van der Waals surface area contributed by atoms with Crippen LogP contribution in [0.3, 0.4) is 0 Å². The summed E-state index contributed by atoms with van der Waals surface area (Å²) in [4.78, 5) is 24.4. The summed E-state index contributed by atoms with van der Waals surface area (Å²) >= 11 is 5.85. The Morgan fingerprint density at radius 1 is 1.19 bits per heavy atom. The number of carboxylic acid groups (broad SMARTS) is 1. The van der Waals surface area contributed by atoms with E-state index in [0.717, 1.165) is 0 Å². The van der Waals surface area contributed by atoms with E-state index in [0.29, 0.717) is 16.4 Å². The molecule has 1 aliphatic rings. The van der Waals surface area contributed by atoms with E-state index < -0.39 is 21.9 Å². The fraction of sp³-hybridized carbons (Fsp3) is 0.176. The summed E-state index contributed by atoms with van der Waals surface area (Å²) in [5, 5.41) is 9.43. The smallest absolute Gasteiger partial charge is 0.308 e. The lowest BCUT2D eigenvalue weighted by molar-refractivity contribution is -0.141. The summed E-state index contributed by atoms with van der Waals surface area (Å²) in [6.45, 7) is 0.0705. The second kappa shape index (κ2) is 6.97. The third-order valence-corrected chi connectivity index (χ3v) is 5.64. The Kier molecular flexibility index (Phi) is 4.88. The van der Waals surface area contributed by atoms with Gasteiger partial charge in [0.1, 0.15) is 0 Å². The average Bonchev–Trinajstić information content (AvgIpc) is 2.97. The van der Waals surface area contributed by atoms with E-state index in [2.05, 4.69) is 4.72 Å². The van der Waals surface area contributed by atoms with Crippen molar-refractivity contribution in [1.29, 1.82) is 0 Å². The number of hydrogen-bond donors (Lipinski definition) is 2. The molecule has 26 heavy (non-hydrogen) atoms. The van der Waals surface area contributed by atoms with Crippen LogP contribution in [-0.4, -0.2) is 31.9 Å². The van der Waals surface area contributed by atoms with Gasteiger partial charge in [0, 0.05) is 23.7 Å². The Labute approximate surface area is 155 Å². The summed E-state index contributed by atoms with van der Waals surface area (Å²) in [7, 11) is -3.81. The molecule has 0 radical (unpaired) electrons. The lowest BCUT2D eigenvalue weighted by Crippen LogP contribution is -2.25. The highest BCUT2D eigenvalue weighted by molar-refractivity contribution is 7.92. The van der Waals surface area contributed by atoms with E-state index >= 15 is 0 Å². The quantitative estimate of drug-likeness (QED) is 0.811. The number of halogens is 1. The molecule has 1 heterocycles. The number of carbonyl (C=O) groups excluding carboxylic acids is 1. The van der Waals surface area contributed by atoms with Crippen LogP contribution in [0.1, 0.15) is 6.42 Å². The number of amides is 1. The van der Waals surface area contributed by atoms with Gasteiger partial charge in [-0.2, -0.15) is 0 Å². The van der Waals surface area contributed by atoms with Crippen LogP contribution in [0.5, 0.6) is 0 Å². The second-order valence-corrected chi connectivity index (χ2v) is 7.97. The number of carboxylic acids is 1. The molecule has 1 unspecified atom stereocenters. The molecule has 136 valence electrons. The number of sulfonamides is 1. The fourth-order valence-corrected chi connectivity index (χ4v) is 3.93. The van der Waals surface area contributed by atoms with E-state index in [-0.39, 0.29) is 23.8 Å². The van der Waals surface area contributed by atoms with Gasteiger partial charge in [-0.1, -0.05) is 17.7 Å². The number of anilines is 2. The van der Waals surface area contributed by atoms with Gasteiger partial charge < -0.3 is 10.0 Å². The van der Waals surface area contributed by atoms with Gasteiger partial charge in [0.15, 0.2) is 0 Å². The number of nitrogens with zero attached hydrogens (tertiary/aromatic N) is 1. The minimum Gasteiger partial charge on any atom is -0.481 e. The first-order valence-electron chi connectivity index (χ1n) is 7.68. The minimum absolute atomic E-state index is 0.0163. The molecule has 1 saturated heterocycles. The SMILES string of the molecule is O=C(O)C1CC(=O)N(c2ccc(S(=O)(=O)Nc3cccc(Cl)c3)cc2)C1. The molecule has 2 N–H and O–H groups in total. The maximum absolute atomic E-state index is 12.4. The second-order valence-electron chi connectivity index (χ2n) is 5.85. The highest BCUT2D eigenvalue weighted by atomic mass is 35.5. The third-order valence-electron chi connectivity index (χ3n) is 4.01. The van der Waals surface area contributed by atoms with Crippen molar-refractivity contribution in [2.75, 3.05) is 16.2 Å². The van der Waals surface area contributed by atoms with Crippen LogP contribution >= 0.6 is 11.6 Å². The zero-order valence-electron chi connectivity index (χ0n) is 13.4. The first kappa shape index (κ1) is 18.2. The van der Waals surface area contributed by atoms with Crippen molar-refractivity contribution in [2.45, 2.75) is 11.3 Å². The zero-order valence-corrected chi connectivity index (χ0v) is 15.0. The lowest BCUT2D eigenvalue weighted by atomic mass is 10.1. The molecule has 1 fully saturated rings. The number of hydrogen-bond acceptors (Lipinski definition) is 4. The minimum atomic E-state index is -3.81. The largest absolute Gasteiger partial charge is 0.481 e. The van der Waals surface area contributed by atoms with Gasteiger partial charge >= 0.3 is 5.97 Å². The van der Waals surface area contributed by atoms with Crippen LogP contribution in [0, 0.1) is 5.92 Å². The molecule has 3 rings (SSSR count). The molecule has 1 atom stereocenters. The molecule has 2 aromatic rings. The summed E-state index contributed by atoms with van der Waals surface area (Å²) in [5.41, 5.74) is 0.793. The molecular formula is C17H15ClN2O5S. The molecule has 0 aliphatic carbocycles. The van der Waals surface area contributed by atoms with Crippen LogP contribution in [-0.2, 0) is 19.6 Å². The van der Waals surface area contributed by atoms with Crippen molar-refractivity contribution in [3.8, 4) is 0 Å². The monoisotopic (exact) mass is 394 g/mol. The first-order valence-corrected chi connectivity index (χ1v) is 9.54. The highest BCUT2D eigenvalue weighted by Gasteiger charge is 2.35. The highest BCUT2D eigenvalue weighted by Crippen LogP contribution is 2.27. The molecule has 1 aliphatic heterocycles. The summed E-state index contributed by atoms with van der Waals surface area (Å²) in [6, 6.07) is 12.0. The van der Waals surface area contributed by atoms with Gasteiger partial charge in [0.05, 0.1) is 16.5 Å². The number of nitrogens with one attached hydrogen (secondary N) is 1. The molecule has 0 bridgehead atoms. The van der Waals surface area contributed by atoms with Crippen LogP contribution < -0.4 is 9.62 Å². The Bertz CT molecular complexity index is 959. The summed E-state index contributed by atoms with van der Waals surface area (Å²) in [6.07, 6.45) is -0.0638. The molecule has 9 heteroatoms. The van der Waals surface area contributed by atoms with Crippen molar-refractivity contribution >= 4 is 44.9 Å². The molecule has 7 nitrogen and oxygen atoms in total. The number of rotatable bonds is 5. The molecule has 0 spiro atoms. The number of carbonyl (C=O) groups is 2. The van der Waals surface area contributed by atoms with E-state index in [1.165, 1.54) is 35.2 Å². The van der Waals surface area contributed by atoms with Crippen molar-refractivity contribution in [2.24, 2.45) is 5.92 Å². The summed E-state index contributed by atoms with van der Waals surface area (Å²) in [5.74, 6) is -2.08. The van der Waals surface area contributed by atoms with E-state index in [9.17, 15) is 18.0 Å². The van der Waals surface area contributed by atoms with Crippen LogP contribution in [0.2, 0.25) is 5.02 Å². The van der Waals surface area contributed by atoms with Crippen molar-refractivity contribution in [3.05, 3.63) is 53.6 Å². The molecular weight excluding hydrogens is 380 g/mol. The first-order chi connectivity index (χ1) is 12.3. The van der Waals surface area contributed by atoms with E-state index in [1.54, 1.807) is 18.2 Å². The fourth-order valence-electron chi connectivity index (χ4n) is 2.69. The zero-order chi connectivity index (χ0) is 18.9.